The number of hydrogen-bond acceptors (Lipinski definition) is 3. The first-order valence-corrected chi connectivity index (χ1v) is 9.66. The Morgan fingerprint density at radius 3 is 2.48 bits per heavy atom. The van der Waals surface area contributed by atoms with Crippen LogP contribution in [0.5, 0.6) is 0 Å². The number of nitrogens with zero attached hydrogens (tertiary/aromatic N) is 2. The van der Waals surface area contributed by atoms with E-state index >= 15 is 0 Å². The average molecular weight is 428 g/mol. The van der Waals surface area contributed by atoms with Crippen LogP contribution in [0.15, 0.2) is 65.1 Å². The van der Waals surface area contributed by atoms with Crippen LogP contribution in [-0.2, 0) is 9.59 Å². The largest absolute Gasteiger partial charge is 0.340 e. The molecule has 1 unspecified atom stereocenters. The zero-order valence-corrected chi connectivity index (χ0v) is 16.5. The zero-order chi connectivity index (χ0) is 19.2. The lowest BCUT2D eigenvalue weighted by Crippen LogP contribution is -2.42. The van der Waals surface area contributed by atoms with E-state index in [1.54, 1.807) is 11.0 Å². The second-order valence-electron chi connectivity index (χ2n) is 6.53. The Balaban J connectivity index is 1.78. The molecule has 1 heterocycles. The number of halogens is 1. The molecule has 27 heavy (non-hydrogen) atoms. The number of nitrogens with two attached hydrogens (primary N) is 1. The molecule has 2 aromatic carbocycles. The third-order valence-corrected chi connectivity index (χ3v) is 5.02. The molecule has 2 amide bonds. The van der Waals surface area contributed by atoms with Crippen molar-refractivity contribution in [3.63, 3.8) is 0 Å². The van der Waals surface area contributed by atoms with E-state index in [9.17, 15) is 9.59 Å². The minimum absolute atomic E-state index is 0.00762. The summed E-state index contributed by atoms with van der Waals surface area (Å²) in [5.74, 6) is -0.328. The molecule has 0 spiro atoms. The summed E-state index contributed by atoms with van der Waals surface area (Å²) in [6.07, 6.45) is 4.05. The van der Waals surface area contributed by atoms with Gasteiger partial charge in [-0.15, -0.1) is 0 Å². The molecule has 0 aliphatic carbocycles. The van der Waals surface area contributed by atoms with E-state index in [4.69, 9.17) is 5.73 Å². The van der Waals surface area contributed by atoms with Gasteiger partial charge >= 0.3 is 0 Å². The fourth-order valence-electron chi connectivity index (χ4n) is 2.99. The van der Waals surface area contributed by atoms with Gasteiger partial charge in [-0.05, 0) is 42.3 Å². The quantitative estimate of drug-likeness (QED) is 0.745. The monoisotopic (exact) mass is 427 g/mol. The number of carbonyl (C=O) groups excluding carboxylic acids is 2. The Hall–Kier alpha value is -2.44. The molecule has 0 radical (unpaired) electrons. The van der Waals surface area contributed by atoms with Gasteiger partial charge in [-0.3, -0.25) is 14.5 Å². The van der Waals surface area contributed by atoms with Crippen LogP contribution >= 0.6 is 15.9 Å². The second-order valence-corrected chi connectivity index (χ2v) is 7.45. The number of anilines is 1. The normalized spacial score (nSPS) is 16.7. The summed E-state index contributed by atoms with van der Waals surface area (Å²) in [6, 6.07) is 17.0. The Morgan fingerprint density at radius 2 is 1.85 bits per heavy atom. The van der Waals surface area contributed by atoms with Gasteiger partial charge in [0.1, 0.15) is 6.54 Å². The summed E-state index contributed by atoms with van der Waals surface area (Å²) in [5.41, 5.74) is 7.51. The van der Waals surface area contributed by atoms with Crippen molar-refractivity contribution in [2.45, 2.75) is 12.5 Å². The summed E-state index contributed by atoms with van der Waals surface area (Å²) in [6.45, 7) is 1.18. The van der Waals surface area contributed by atoms with Crippen LogP contribution in [0.2, 0.25) is 0 Å². The lowest BCUT2D eigenvalue weighted by atomic mass is 10.2. The van der Waals surface area contributed by atoms with Crippen LogP contribution in [0.1, 0.15) is 12.0 Å². The highest BCUT2D eigenvalue weighted by Crippen LogP contribution is 2.20. The number of hydrogen-bond donors (Lipinski definition) is 1. The third-order valence-electron chi connectivity index (χ3n) is 4.49. The van der Waals surface area contributed by atoms with Crippen LogP contribution < -0.4 is 10.6 Å². The van der Waals surface area contributed by atoms with E-state index in [1.165, 1.54) is 11.0 Å². The van der Waals surface area contributed by atoms with E-state index in [-0.39, 0.29) is 24.4 Å². The fraction of sp³-hybridized carbons (Fsp3) is 0.238. The minimum Gasteiger partial charge on any atom is -0.340 e. The predicted molar refractivity (Wildman–Crippen MR) is 111 cm³/mol. The van der Waals surface area contributed by atoms with Gasteiger partial charge in [0, 0.05) is 35.4 Å². The molecule has 3 rings (SSSR count). The molecule has 2 aromatic rings. The molecule has 1 fully saturated rings. The Labute approximate surface area is 167 Å². The van der Waals surface area contributed by atoms with Gasteiger partial charge in [-0.25, -0.2) is 0 Å². The van der Waals surface area contributed by atoms with Crippen molar-refractivity contribution in [2.75, 3.05) is 24.5 Å². The van der Waals surface area contributed by atoms with Crippen LogP contribution in [-0.4, -0.2) is 42.4 Å². The maximum atomic E-state index is 12.8. The molecule has 1 aliphatic rings. The summed E-state index contributed by atoms with van der Waals surface area (Å²) in [5, 5.41) is 0. The summed E-state index contributed by atoms with van der Waals surface area (Å²) < 4.78 is 0.912. The summed E-state index contributed by atoms with van der Waals surface area (Å²) >= 11 is 3.40. The van der Waals surface area contributed by atoms with E-state index in [0.29, 0.717) is 18.8 Å². The summed E-state index contributed by atoms with van der Waals surface area (Å²) in [7, 11) is 0. The molecular formula is C21H22BrN3O2. The number of benzene rings is 2. The van der Waals surface area contributed by atoms with Gasteiger partial charge in [-0.1, -0.05) is 46.3 Å². The van der Waals surface area contributed by atoms with Gasteiger partial charge in [0.2, 0.25) is 5.91 Å². The van der Waals surface area contributed by atoms with Crippen molar-refractivity contribution in [1.82, 2.24) is 4.90 Å². The van der Waals surface area contributed by atoms with Crippen molar-refractivity contribution in [3.05, 3.63) is 70.7 Å². The molecule has 2 N–H and O–H groups in total. The maximum absolute atomic E-state index is 12.8. The molecule has 1 aliphatic heterocycles. The Morgan fingerprint density at radius 1 is 1.15 bits per heavy atom. The average Bonchev–Trinajstić information content (AvgIpc) is 3.12. The predicted octanol–water partition coefficient (Wildman–Crippen LogP) is 3.06. The highest BCUT2D eigenvalue weighted by Gasteiger charge is 2.26. The van der Waals surface area contributed by atoms with Crippen molar-refractivity contribution in [2.24, 2.45) is 5.73 Å². The van der Waals surface area contributed by atoms with Gasteiger partial charge < -0.3 is 10.6 Å². The molecule has 0 saturated carbocycles. The first-order valence-electron chi connectivity index (χ1n) is 8.86. The highest BCUT2D eigenvalue weighted by atomic mass is 79.9. The lowest BCUT2D eigenvalue weighted by molar-refractivity contribution is -0.130. The smallest absolute Gasteiger partial charge is 0.251 e. The maximum Gasteiger partial charge on any atom is 0.251 e. The van der Waals surface area contributed by atoms with Crippen molar-refractivity contribution in [1.29, 1.82) is 0 Å². The van der Waals surface area contributed by atoms with Crippen LogP contribution in [0.3, 0.4) is 0 Å². The number of amides is 2. The number of rotatable bonds is 5. The number of carbonyl (C=O) groups is 2. The van der Waals surface area contributed by atoms with Gasteiger partial charge in [0.15, 0.2) is 0 Å². The van der Waals surface area contributed by atoms with E-state index in [0.717, 1.165) is 16.5 Å². The van der Waals surface area contributed by atoms with Crippen molar-refractivity contribution < 1.29 is 9.59 Å². The van der Waals surface area contributed by atoms with Crippen molar-refractivity contribution in [3.8, 4) is 0 Å². The molecule has 1 saturated heterocycles. The van der Waals surface area contributed by atoms with Crippen molar-refractivity contribution >= 4 is 39.5 Å². The van der Waals surface area contributed by atoms with Gasteiger partial charge in [0.25, 0.3) is 5.91 Å². The highest BCUT2D eigenvalue weighted by molar-refractivity contribution is 9.10. The fourth-order valence-corrected chi connectivity index (χ4v) is 3.25. The van der Waals surface area contributed by atoms with Crippen LogP contribution in [0.4, 0.5) is 5.69 Å². The van der Waals surface area contributed by atoms with Gasteiger partial charge in [0.05, 0.1) is 0 Å². The molecule has 140 valence electrons. The molecule has 0 bridgehead atoms. The standard InChI is InChI=1S/C21H22BrN3O2/c22-17-7-9-19(10-8-17)25(15-21(27)24-13-12-18(23)14-24)20(26)11-6-16-4-2-1-3-5-16/h1-11,18H,12-15,23H2. The van der Waals surface area contributed by atoms with Gasteiger partial charge in [-0.2, -0.15) is 0 Å². The van der Waals surface area contributed by atoms with E-state index < -0.39 is 0 Å². The SMILES string of the molecule is NC1CCN(C(=O)CN(C(=O)C=Cc2ccccc2)c2ccc(Br)cc2)C1. The molecule has 5 nitrogen and oxygen atoms in total. The minimum atomic E-state index is -0.238. The van der Waals surface area contributed by atoms with Crippen LogP contribution in [0, 0.1) is 0 Å². The molecular weight excluding hydrogens is 406 g/mol. The topological polar surface area (TPSA) is 66.6 Å². The number of likely N-dealkylation sites (tertiary alicyclic amines) is 1. The molecule has 0 aromatic heterocycles. The first-order chi connectivity index (χ1) is 13.0. The Bertz CT molecular complexity index is 821. The van der Waals surface area contributed by atoms with Crippen LogP contribution in [0.25, 0.3) is 6.08 Å². The zero-order valence-electron chi connectivity index (χ0n) is 14.9. The summed E-state index contributed by atoms with van der Waals surface area (Å²) in [4.78, 5) is 28.7. The molecule has 6 heteroatoms. The first kappa shape index (κ1) is 19.3. The molecule has 1 atom stereocenters. The van der Waals surface area contributed by atoms with E-state index in [2.05, 4.69) is 15.9 Å². The lowest BCUT2D eigenvalue weighted by Gasteiger charge is -2.24. The second kappa shape index (κ2) is 8.97. The third kappa shape index (κ3) is 5.28. The Kier molecular flexibility index (Phi) is 6.42. The van der Waals surface area contributed by atoms with E-state index in [1.807, 2.05) is 54.6 Å².